The molecule has 0 aromatic rings. The molecule has 2 atom stereocenters. The fraction of sp³-hybridized carbons (Fsp3) is 1.00. The third kappa shape index (κ3) is 3.21. The zero-order valence-electron chi connectivity index (χ0n) is 7.95. The Labute approximate surface area is 78.7 Å². The first-order chi connectivity index (χ1) is 6.27. The number of nitrogens with zero attached hydrogens (tertiary/aromatic N) is 1. The second-order valence-electron chi connectivity index (χ2n) is 3.69. The Morgan fingerprint density at radius 1 is 1.54 bits per heavy atom. The molecule has 0 radical (unpaired) electrons. The van der Waals surface area contributed by atoms with Gasteiger partial charge < -0.3 is 10.8 Å². The lowest BCUT2D eigenvalue weighted by molar-refractivity contribution is 0.0559. The van der Waals surface area contributed by atoms with E-state index in [9.17, 15) is 4.39 Å². The zero-order chi connectivity index (χ0) is 9.68. The molecule has 1 unspecified atom stereocenters. The number of alkyl halides is 1. The molecule has 0 spiro atoms. The van der Waals surface area contributed by atoms with Gasteiger partial charge in [0.25, 0.3) is 0 Å². The second-order valence-corrected chi connectivity index (χ2v) is 3.69. The molecule has 1 fully saturated rings. The number of aliphatic hydroxyl groups excluding tert-OH is 1. The molecule has 4 heteroatoms. The van der Waals surface area contributed by atoms with Crippen LogP contribution in [-0.2, 0) is 0 Å². The predicted molar refractivity (Wildman–Crippen MR) is 50.2 cm³/mol. The minimum absolute atomic E-state index is 0.343. The molecule has 0 amide bonds. The summed E-state index contributed by atoms with van der Waals surface area (Å²) in [4.78, 5) is 2.10. The molecule has 0 aromatic carbocycles. The van der Waals surface area contributed by atoms with Gasteiger partial charge in [-0.1, -0.05) is 6.42 Å². The number of nitrogens with two attached hydrogens (primary N) is 1. The van der Waals surface area contributed by atoms with Crippen LogP contribution >= 0.6 is 0 Å². The van der Waals surface area contributed by atoms with E-state index in [4.69, 9.17) is 10.8 Å². The number of halogens is 1. The molecule has 78 valence electrons. The SMILES string of the molecule is NC[C@@H]1CCCCN1CC(O)CF. The maximum atomic E-state index is 12.1. The average molecular weight is 190 g/mol. The van der Waals surface area contributed by atoms with Crippen LogP contribution in [0.15, 0.2) is 0 Å². The van der Waals surface area contributed by atoms with Crippen LogP contribution in [0.4, 0.5) is 4.39 Å². The molecule has 0 saturated carbocycles. The van der Waals surface area contributed by atoms with E-state index in [0.717, 1.165) is 19.4 Å². The lowest BCUT2D eigenvalue weighted by atomic mass is 10.0. The summed E-state index contributed by atoms with van der Waals surface area (Å²) in [5.41, 5.74) is 5.59. The zero-order valence-corrected chi connectivity index (χ0v) is 7.95. The maximum Gasteiger partial charge on any atom is 0.117 e. The molecule has 3 nitrogen and oxygen atoms in total. The van der Waals surface area contributed by atoms with Crippen molar-refractivity contribution in [2.45, 2.75) is 31.4 Å². The number of aliphatic hydroxyl groups is 1. The number of likely N-dealkylation sites (tertiary alicyclic amines) is 1. The van der Waals surface area contributed by atoms with Gasteiger partial charge in [-0.15, -0.1) is 0 Å². The first-order valence-corrected chi connectivity index (χ1v) is 4.96. The van der Waals surface area contributed by atoms with E-state index >= 15 is 0 Å². The Morgan fingerprint density at radius 3 is 2.92 bits per heavy atom. The molecular weight excluding hydrogens is 171 g/mol. The van der Waals surface area contributed by atoms with Gasteiger partial charge in [0.2, 0.25) is 0 Å². The van der Waals surface area contributed by atoms with Crippen molar-refractivity contribution in [2.75, 3.05) is 26.3 Å². The van der Waals surface area contributed by atoms with Gasteiger partial charge in [0.15, 0.2) is 0 Å². The molecule has 0 aliphatic carbocycles. The third-order valence-corrected chi connectivity index (χ3v) is 2.64. The molecule has 1 heterocycles. The van der Waals surface area contributed by atoms with E-state index in [1.54, 1.807) is 0 Å². The van der Waals surface area contributed by atoms with Gasteiger partial charge in [-0.25, -0.2) is 4.39 Å². The van der Waals surface area contributed by atoms with Gasteiger partial charge in [-0.3, -0.25) is 4.90 Å². The van der Waals surface area contributed by atoms with E-state index in [2.05, 4.69) is 4.90 Å². The number of rotatable bonds is 4. The highest BCUT2D eigenvalue weighted by atomic mass is 19.1. The average Bonchev–Trinajstić information content (AvgIpc) is 2.18. The van der Waals surface area contributed by atoms with Crippen molar-refractivity contribution in [3.8, 4) is 0 Å². The Balaban J connectivity index is 2.35. The molecule has 1 aliphatic rings. The Hall–Kier alpha value is -0.190. The maximum absolute atomic E-state index is 12.1. The molecule has 13 heavy (non-hydrogen) atoms. The first kappa shape index (κ1) is 10.9. The highest BCUT2D eigenvalue weighted by molar-refractivity contribution is 4.79. The van der Waals surface area contributed by atoms with Crippen molar-refractivity contribution in [3.05, 3.63) is 0 Å². The number of hydrogen-bond donors (Lipinski definition) is 2. The van der Waals surface area contributed by atoms with Crippen LogP contribution in [0.2, 0.25) is 0 Å². The van der Waals surface area contributed by atoms with Crippen molar-refractivity contribution in [1.29, 1.82) is 0 Å². The normalized spacial score (nSPS) is 27.5. The molecular formula is C9H19FN2O. The Bertz CT molecular complexity index is 146. The van der Waals surface area contributed by atoms with Crippen molar-refractivity contribution < 1.29 is 9.50 Å². The van der Waals surface area contributed by atoms with E-state index < -0.39 is 12.8 Å². The summed E-state index contributed by atoms with van der Waals surface area (Å²) in [5, 5.41) is 9.17. The van der Waals surface area contributed by atoms with Crippen molar-refractivity contribution in [3.63, 3.8) is 0 Å². The minimum atomic E-state index is -0.841. The third-order valence-electron chi connectivity index (χ3n) is 2.64. The minimum Gasteiger partial charge on any atom is -0.389 e. The summed E-state index contributed by atoms with van der Waals surface area (Å²) in [6.45, 7) is 1.32. The lowest BCUT2D eigenvalue weighted by Crippen LogP contribution is -2.47. The van der Waals surface area contributed by atoms with Gasteiger partial charge >= 0.3 is 0 Å². The largest absolute Gasteiger partial charge is 0.389 e. The van der Waals surface area contributed by atoms with Crippen LogP contribution < -0.4 is 5.73 Å². The molecule has 1 saturated heterocycles. The van der Waals surface area contributed by atoms with Crippen molar-refractivity contribution >= 4 is 0 Å². The summed E-state index contributed by atoms with van der Waals surface area (Å²) in [6.07, 6.45) is 2.57. The Morgan fingerprint density at radius 2 is 2.31 bits per heavy atom. The van der Waals surface area contributed by atoms with Crippen LogP contribution in [0, 0.1) is 0 Å². The van der Waals surface area contributed by atoms with Gasteiger partial charge in [-0.05, 0) is 19.4 Å². The molecule has 1 aliphatic heterocycles. The summed E-state index contributed by atoms with van der Waals surface area (Å²) in [7, 11) is 0. The molecule has 0 aromatic heterocycles. The number of piperidine rings is 1. The van der Waals surface area contributed by atoms with Gasteiger partial charge in [-0.2, -0.15) is 0 Å². The summed E-state index contributed by atoms with van der Waals surface area (Å²) >= 11 is 0. The summed E-state index contributed by atoms with van der Waals surface area (Å²) in [6, 6.07) is 0.343. The van der Waals surface area contributed by atoms with Gasteiger partial charge in [0, 0.05) is 19.1 Å². The standard InChI is InChI=1S/C9H19FN2O/c10-5-9(13)7-12-4-2-1-3-8(12)6-11/h8-9,13H,1-7,11H2/t8-,9?/m0/s1. The highest BCUT2D eigenvalue weighted by Crippen LogP contribution is 2.16. The molecule has 3 N–H and O–H groups in total. The monoisotopic (exact) mass is 190 g/mol. The van der Waals surface area contributed by atoms with E-state index in [-0.39, 0.29) is 0 Å². The Kier molecular flexibility index (Phi) is 4.62. The van der Waals surface area contributed by atoms with Crippen molar-refractivity contribution in [2.24, 2.45) is 5.73 Å². The topological polar surface area (TPSA) is 49.5 Å². The van der Waals surface area contributed by atoms with Crippen LogP contribution in [0.1, 0.15) is 19.3 Å². The van der Waals surface area contributed by atoms with Crippen LogP contribution in [-0.4, -0.2) is 48.5 Å². The summed E-state index contributed by atoms with van der Waals surface area (Å²) < 4.78 is 12.1. The van der Waals surface area contributed by atoms with Crippen LogP contribution in [0.25, 0.3) is 0 Å². The van der Waals surface area contributed by atoms with Crippen LogP contribution in [0.3, 0.4) is 0 Å². The van der Waals surface area contributed by atoms with E-state index in [1.807, 2.05) is 0 Å². The smallest absolute Gasteiger partial charge is 0.117 e. The lowest BCUT2D eigenvalue weighted by Gasteiger charge is -2.35. The first-order valence-electron chi connectivity index (χ1n) is 4.96. The van der Waals surface area contributed by atoms with Gasteiger partial charge in [0.1, 0.15) is 6.67 Å². The second kappa shape index (κ2) is 5.52. The van der Waals surface area contributed by atoms with E-state index in [0.29, 0.717) is 19.1 Å². The number of β-amino-alcohol motifs (C(OH)–C–C–N with tert-alkyl or cyclic N) is 1. The fourth-order valence-corrected chi connectivity index (χ4v) is 1.89. The van der Waals surface area contributed by atoms with Gasteiger partial charge in [0.05, 0.1) is 6.10 Å². The predicted octanol–water partition coefficient (Wildman–Crippen LogP) is 0.130. The summed E-state index contributed by atoms with van der Waals surface area (Å²) in [5.74, 6) is 0. The van der Waals surface area contributed by atoms with Crippen LogP contribution in [0.5, 0.6) is 0 Å². The highest BCUT2D eigenvalue weighted by Gasteiger charge is 2.22. The van der Waals surface area contributed by atoms with E-state index in [1.165, 1.54) is 6.42 Å². The fourth-order valence-electron chi connectivity index (χ4n) is 1.89. The molecule has 1 rings (SSSR count). The molecule has 0 bridgehead atoms. The quantitative estimate of drug-likeness (QED) is 0.662. The van der Waals surface area contributed by atoms with Crippen molar-refractivity contribution in [1.82, 2.24) is 4.90 Å². The number of hydrogen-bond acceptors (Lipinski definition) is 3.